The molecule has 3 rings (SSSR count). The van der Waals surface area contributed by atoms with Crippen molar-refractivity contribution in [3.8, 4) is 11.1 Å². The molecule has 5 nitrogen and oxygen atoms in total. The molecule has 1 heterocycles. The number of aryl methyl sites for hydroxylation is 1. The molecule has 6 heteroatoms. The number of amides is 1. The van der Waals surface area contributed by atoms with Crippen LogP contribution in [0.4, 0.5) is 5.69 Å². The molecule has 0 atom stereocenters. The van der Waals surface area contributed by atoms with Crippen LogP contribution in [0, 0.1) is 0 Å². The van der Waals surface area contributed by atoms with Gasteiger partial charge in [0.15, 0.2) is 0 Å². The van der Waals surface area contributed by atoms with E-state index < -0.39 is 0 Å². The summed E-state index contributed by atoms with van der Waals surface area (Å²) < 4.78 is 0. The maximum atomic E-state index is 12.1. The highest BCUT2D eigenvalue weighted by Crippen LogP contribution is 2.21. The van der Waals surface area contributed by atoms with E-state index in [9.17, 15) is 4.79 Å². The molecule has 0 unspecified atom stereocenters. The summed E-state index contributed by atoms with van der Waals surface area (Å²) in [6, 6.07) is 18.0. The molecule has 0 fully saturated rings. The number of hydrogen-bond donors (Lipinski definition) is 2. The van der Waals surface area contributed by atoms with E-state index in [4.69, 9.17) is 0 Å². The minimum absolute atomic E-state index is 0.0701. The lowest BCUT2D eigenvalue weighted by Gasteiger charge is -2.06. The highest BCUT2D eigenvalue weighted by atomic mass is 32.2. The standard InChI is InChI=1S/C19H20N4OS/c1-2-6-17-21-19(23-22-17)25-13-18(24)20-16-11-9-15(10-12-16)14-7-4-3-5-8-14/h3-5,7-12H,2,6,13H2,1H3,(H,20,24)(H,21,22,23). The van der Waals surface area contributed by atoms with Crippen LogP contribution in [0.2, 0.25) is 0 Å². The van der Waals surface area contributed by atoms with Gasteiger partial charge in [-0.1, -0.05) is 61.2 Å². The van der Waals surface area contributed by atoms with E-state index in [-0.39, 0.29) is 11.7 Å². The molecule has 0 aliphatic carbocycles. The summed E-state index contributed by atoms with van der Waals surface area (Å²) in [4.78, 5) is 16.4. The lowest BCUT2D eigenvalue weighted by atomic mass is 10.1. The van der Waals surface area contributed by atoms with Gasteiger partial charge in [-0.15, -0.1) is 5.10 Å². The number of aromatic amines is 1. The number of thioether (sulfide) groups is 1. The lowest BCUT2D eigenvalue weighted by Crippen LogP contribution is -2.14. The third kappa shape index (κ3) is 4.93. The van der Waals surface area contributed by atoms with Crippen molar-refractivity contribution in [1.29, 1.82) is 0 Å². The van der Waals surface area contributed by atoms with E-state index in [1.54, 1.807) is 0 Å². The average molecular weight is 352 g/mol. The first-order chi connectivity index (χ1) is 12.2. The van der Waals surface area contributed by atoms with E-state index in [0.717, 1.165) is 35.5 Å². The van der Waals surface area contributed by atoms with Crippen LogP contribution in [0.5, 0.6) is 0 Å². The average Bonchev–Trinajstić information content (AvgIpc) is 3.09. The van der Waals surface area contributed by atoms with Crippen LogP contribution < -0.4 is 5.32 Å². The van der Waals surface area contributed by atoms with E-state index in [1.165, 1.54) is 11.8 Å². The van der Waals surface area contributed by atoms with Crippen molar-refractivity contribution in [1.82, 2.24) is 15.2 Å². The topological polar surface area (TPSA) is 70.7 Å². The first kappa shape index (κ1) is 17.2. The molecule has 0 radical (unpaired) electrons. The molecule has 1 aromatic heterocycles. The van der Waals surface area contributed by atoms with Crippen LogP contribution in [0.15, 0.2) is 59.8 Å². The summed E-state index contributed by atoms with van der Waals surface area (Å²) >= 11 is 1.33. The second kappa shape index (κ2) is 8.48. The van der Waals surface area contributed by atoms with Crippen molar-refractivity contribution in [2.75, 3.05) is 11.1 Å². The number of rotatable bonds is 7. The van der Waals surface area contributed by atoms with Crippen LogP contribution in [0.25, 0.3) is 11.1 Å². The number of anilines is 1. The first-order valence-electron chi connectivity index (χ1n) is 8.24. The van der Waals surface area contributed by atoms with Gasteiger partial charge in [0.1, 0.15) is 5.82 Å². The van der Waals surface area contributed by atoms with Gasteiger partial charge in [-0.3, -0.25) is 9.89 Å². The van der Waals surface area contributed by atoms with Crippen molar-refractivity contribution in [2.45, 2.75) is 24.9 Å². The maximum absolute atomic E-state index is 12.1. The number of nitrogens with one attached hydrogen (secondary N) is 2. The van der Waals surface area contributed by atoms with Crippen LogP contribution in [-0.2, 0) is 11.2 Å². The number of hydrogen-bond acceptors (Lipinski definition) is 4. The Balaban J connectivity index is 1.52. The fraction of sp³-hybridized carbons (Fsp3) is 0.211. The molecule has 0 aliphatic heterocycles. The van der Waals surface area contributed by atoms with Crippen LogP contribution in [-0.4, -0.2) is 26.8 Å². The minimum atomic E-state index is -0.0701. The minimum Gasteiger partial charge on any atom is -0.325 e. The molecule has 1 amide bonds. The van der Waals surface area contributed by atoms with Gasteiger partial charge in [0.05, 0.1) is 5.75 Å². The van der Waals surface area contributed by atoms with Gasteiger partial charge in [0.2, 0.25) is 11.1 Å². The molecule has 2 N–H and O–H groups in total. The Morgan fingerprint density at radius 2 is 1.80 bits per heavy atom. The fourth-order valence-corrected chi connectivity index (χ4v) is 3.01. The smallest absolute Gasteiger partial charge is 0.234 e. The number of carbonyl (C=O) groups is 1. The van der Waals surface area contributed by atoms with Crippen LogP contribution in [0.1, 0.15) is 19.2 Å². The highest BCUT2D eigenvalue weighted by molar-refractivity contribution is 7.99. The summed E-state index contributed by atoms with van der Waals surface area (Å²) in [5, 5.41) is 10.5. The molecule has 3 aromatic rings. The third-order valence-corrected chi connectivity index (χ3v) is 4.45. The second-order valence-corrected chi connectivity index (χ2v) is 6.54. The zero-order valence-electron chi connectivity index (χ0n) is 14.0. The Kier molecular flexibility index (Phi) is 5.85. The summed E-state index contributed by atoms with van der Waals surface area (Å²) in [5.41, 5.74) is 3.06. The van der Waals surface area contributed by atoms with Crippen molar-refractivity contribution < 1.29 is 4.79 Å². The number of aromatic nitrogens is 3. The van der Waals surface area contributed by atoms with Crippen LogP contribution >= 0.6 is 11.8 Å². The molecule has 0 saturated carbocycles. The lowest BCUT2D eigenvalue weighted by molar-refractivity contribution is -0.113. The van der Waals surface area contributed by atoms with Crippen molar-refractivity contribution >= 4 is 23.4 Å². The summed E-state index contributed by atoms with van der Waals surface area (Å²) in [6.45, 7) is 2.09. The van der Waals surface area contributed by atoms with Crippen molar-refractivity contribution in [3.05, 3.63) is 60.4 Å². The normalized spacial score (nSPS) is 10.6. The van der Waals surface area contributed by atoms with E-state index >= 15 is 0 Å². The Morgan fingerprint density at radius 1 is 1.08 bits per heavy atom. The summed E-state index contributed by atoms with van der Waals surface area (Å²) in [7, 11) is 0. The van der Waals surface area contributed by atoms with E-state index in [1.807, 2.05) is 42.5 Å². The number of benzene rings is 2. The van der Waals surface area contributed by atoms with Gasteiger partial charge < -0.3 is 5.32 Å². The van der Waals surface area contributed by atoms with Gasteiger partial charge in [0.25, 0.3) is 0 Å². The predicted octanol–water partition coefficient (Wildman–Crippen LogP) is 4.16. The molecular formula is C19H20N4OS. The number of nitrogens with zero attached hydrogens (tertiary/aromatic N) is 2. The van der Waals surface area contributed by atoms with Crippen LogP contribution in [0.3, 0.4) is 0 Å². The third-order valence-electron chi connectivity index (χ3n) is 3.61. The molecule has 0 saturated heterocycles. The number of carbonyl (C=O) groups excluding carboxylic acids is 1. The Morgan fingerprint density at radius 3 is 2.52 bits per heavy atom. The molecule has 0 aliphatic rings. The number of H-pyrrole nitrogens is 1. The Labute approximate surface area is 151 Å². The monoisotopic (exact) mass is 352 g/mol. The predicted molar refractivity (Wildman–Crippen MR) is 102 cm³/mol. The quantitative estimate of drug-likeness (QED) is 0.627. The Hall–Kier alpha value is -2.60. The first-order valence-corrected chi connectivity index (χ1v) is 9.22. The summed E-state index contributed by atoms with van der Waals surface area (Å²) in [6.07, 6.45) is 1.88. The largest absolute Gasteiger partial charge is 0.325 e. The van der Waals surface area contributed by atoms with Gasteiger partial charge >= 0.3 is 0 Å². The maximum Gasteiger partial charge on any atom is 0.234 e. The van der Waals surface area contributed by atoms with Gasteiger partial charge in [-0.25, -0.2) is 4.98 Å². The van der Waals surface area contributed by atoms with E-state index in [2.05, 4.69) is 39.6 Å². The van der Waals surface area contributed by atoms with Crippen molar-refractivity contribution in [3.63, 3.8) is 0 Å². The molecular weight excluding hydrogens is 332 g/mol. The second-order valence-electron chi connectivity index (χ2n) is 5.59. The highest BCUT2D eigenvalue weighted by Gasteiger charge is 2.08. The zero-order chi connectivity index (χ0) is 17.5. The molecule has 0 bridgehead atoms. The van der Waals surface area contributed by atoms with Crippen molar-refractivity contribution in [2.24, 2.45) is 0 Å². The summed E-state index contributed by atoms with van der Waals surface area (Å²) in [5.74, 6) is 1.07. The zero-order valence-corrected chi connectivity index (χ0v) is 14.8. The Bertz CT molecular complexity index is 815. The molecule has 25 heavy (non-hydrogen) atoms. The molecule has 0 spiro atoms. The molecule has 2 aromatic carbocycles. The fourth-order valence-electron chi connectivity index (χ4n) is 2.39. The SMILES string of the molecule is CCCc1nc(SCC(=O)Nc2ccc(-c3ccccc3)cc2)n[nH]1. The van der Waals surface area contributed by atoms with E-state index in [0.29, 0.717) is 5.16 Å². The van der Waals surface area contributed by atoms with Gasteiger partial charge in [-0.2, -0.15) is 0 Å². The van der Waals surface area contributed by atoms with Gasteiger partial charge in [-0.05, 0) is 29.7 Å². The van der Waals surface area contributed by atoms with Gasteiger partial charge in [0, 0.05) is 12.1 Å². The molecule has 128 valence electrons.